The van der Waals surface area contributed by atoms with Gasteiger partial charge >= 0.3 is 0 Å². The molecular weight excluding hydrogens is 226 g/mol. The first-order chi connectivity index (χ1) is 6.31. The van der Waals surface area contributed by atoms with Gasteiger partial charge in [0.1, 0.15) is 0 Å². The molecule has 0 aliphatic carbocycles. The Bertz CT molecular complexity index is 365. The minimum Gasteiger partial charge on any atom is -0.360 e. The summed E-state index contributed by atoms with van der Waals surface area (Å²) in [5.74, 6) is 2.68. The summed E-state index contributed by atoms with van der Waals surface area (Å²) in [6.07, 6.45) is 6.40. The van der Waals surface area contributed by atoms with Gasteiger partial charge in [-0.25, -0.2) is 0 Å². The lowest BCUT2D eigenvalue weighted by atomic mass is 10.2. The molecule has 0 amide bonds. The third-order valence-corrected chi connectivity index (χ3v) is 2.81. The number of nitrogens with zero attached hydrogens (tertiary/aromatic N) is 1. The van der Waals surface area contributed by atoms with Crippen LogP contribution in [0.15, 0.2) is 22.7 Å². The largest absolute Gasteiger partial charge is 0.360 e. The van der Waals surface area contributed by atoms with Crippen LogP contribution < -0.4 is 4.90 Å². The highest BCUT2D eigenvalue weighted by Crippen LogP contribution is 2.29. The number of hydrogen-bond donors (Lipinski definition) is 0. The normalized spacial score (nSPS) is 14.0. The second-order valence-electron chi connectivity index (χ2n) is 3.15. The molecule has 0 atom stereocenters. The van der Waals surface area contributed by atoms with E-state index in [9.17, 15) is 0 Å². The molecule has 0 fully saturated rings. The Morgan fingerprint density at radius 3 is 3.15 bits per heavy atom. The summed E-state index contributed by atoms with van der Waals surface area (Å²) in [5.41, 5.74) is 2.69. The quantitative estimate of drug-likeness (QED) is 0.677. The highest BCUT2D eigenvalue weighted by molar-refractivity contribution is 9.10. The van der Waals surface area contributed by atoms with E-state index in [0.29, 0.717) is 6.54 Å². The van der Waals surface area contributed by atoms with E-state index in [2.05, 4.69) is 44.9 Å². The molecule has 0 saturated heterocycles. The van der Waals surface area contributed by atoms with Gasteiger partial charge in [0.05, 0.1) is 6.54 Å². The van der Waals surface area contributed by atoms with E-state index in [1.165, 1.54) is 11.3 Å². The molecule has 13 heavy (non-hydrogen) atoms. The summed E-state index contributed by atoms with van der Waals surface area (Å²) >= 11 is 3.46. The van der Waals surface area contributed by atoms with E-state index in [1.807, 2.05) is 0 Å². The van der Waals surface area contributed by atoms with Gasteiger partial charge in [-0.2, -0.15) is 0 Å². The molecular formula is C11H10BrN. The minimum atomic E-state index is 0.717. The van der Waals surface area contributed by atoms with Crippen LogP contribution in [0.5, 0.6) is 0 Å². The summed E-state index contributed by atoms with van der Waals surface area (Å²) in [4.78, 5) is 2.24. The van der Waals surface area contributed by atoms with Crippen LogP contribution in [0.2, 0.25) is 0 Å². The number of terminal acetylenes is 1. The molecule has 1 aromatic carbocycles. The van der Waals surface area contributed by atoms with Crippen LogP contribution in [0, 0.1) is 12.3 Å². The molecule has 0 aromatic heterocycles. The van der Waals surface area contributed by atoms with Gasteiger partial charge < -0.3 is 4.90 Å². The van der Waals surface area contributed by atoms with Gasteiger partial charge in [0.2, 0.25) is 0 Å². The Balaban J connectivity index is 2.34. The molecule has 1 aliphatic rings. The average Bonchev–Trinajstić information content (AvgIpc) is 2.49. The zero-order valence-corrected chi connectivity index (χ0v) is 8.84. The monoisotopic (exact) mass is 235 g/mol. The van der Waals surface area contributed by atoms with Crippen LogP contribution in [0.1, 0.15) is 5.56 Å². The van der Waals surface area contributed by atoms with Crippen LogP contribution in [0.4, 0.5) is 5.69 Å². The lowest BCUT2D eigenvalue weighted by molar-refractivity contribution is 0.915. The van der Waals surface area contributed by atoms with E-state index in [4.69, 9.17) is 6.42 Å². The fourth-order valence-electron chi connectivity index (χ4n) is 1.71. The number of benzene rings is 1. The second kappa shape index (κ2) is 3.43. The standard InChI is InChI=1S/C11H10BrN/c1-2-6-13-7-5-9-8-10(12)3-4-11(9)13/h1,3-4,8H,5-7H2. The molecule has 66 valence electrons. The second-order valence-corrected chi connectivity index (χ2v) is 4.06. The predicted octanol–water partition coefficient (Wildman–Crippen LogP) is 2.44. The van der Waals surface area contributed by atoms with Gasteiger partial charge in [-0.1, -0.05) is 21.9 Å². The van der Waals surface area contributed by atoms with Crippen molar-refractivity contribution < 1.29 is 0 Å². The van der Waals surface area contributed by atoms with Crippen molar-refractivity contribution >= 4 is 21.6 Å². The lowest BCUT2D eigenvalue weighted by Crippen LogP contribution is -2.20. The SMILES string of the molecule is C#CCN1CCc2cc(Br)ccc21. The summed E-state index contributed by atoms with van der Waals surface area (Å²) in [6.45, 7) is 1.77. The molecule has 2 heteroatoms. The molecule has 0 unspecified atom stereocenters. The number of anilines is 1. The van der Waals surface area contributed by atoms with Crippen molar-refractivity contribution in [1.29, 1.82) is 0 Å². The maximum Gasteiger partial charge on any atom is 0.0791 e. The Morgan fingerprint density at radius 2 is 2.38 bits per heavy atom. The summed E-state index contributed by atoms with van der Waals surface area (Å²) in [7, 11) is 0. The summed E-state index contributed by atoms with van der Waals surface area (Å²) < 4.78 is 1.15. The fraction of sp³-hybridized carbons (Fsp3) is 0.273. The number of hydrogen-bond acceptors (Lipinski definition) is 1. The van der Waals surface area contributed by atoms with Gasteiger partial charge in [-0.15, -0.1) is 6.42 Å². The van der Waals surface area contributed by atoms with Crippen molar-refractivity contribution in [2.75, 3.05) is 18.0 Å². The van der Waals surface area contributed by atoms with E-state index in [1.54, 1.807) is 0 Å². The fourth-order valence-corrected chi connectivity index (χ4v) is 2.12. The number of fused-ring (bicyclic) bond motifs is 1. The molecule has 0 N–H and O–H groups in total. The van der Waals surface area contributed by atoms with Gasteiger partial charge in [0, 0.05) is 16.7 Å². The van der Waals surface area contributed by atoms with Crippen LogP contribution in [-0.2, 0) is 6.42 Å². The first kappa shape index (κ1) is 8.65. The first-order valence-electron chi connectivity index (χ1n) is 4.28. The zero-order valence-electron chi connectivity index (χ0n) is 7.26. The first-order valence-corrected chi connectivity index (χ1v) is 5.07. The molecule has 1 heterocycles. The van der Waals surface area contributed by atoms with Gasteiger partial charge in [-0.3, -0.25) is 0 Å². The molecule has 2 rings (SSSR count). The topological polar surface area (TPSA) is 3.24 Å². The molecule has 1 aliphatic heterocycles. The number of rotatable bonds is 1. The van der Waals surface area contributed by atoms with Crippen LogP contribution in [0.25, 0.3) is 0 Å². The predicted molar refractivity (Wildman–Crippen MR) is 58.9 cm³/mol. The van der Waals surface area contributed by atoms with E-state index in [0.717, 1.165) is 17.4 Å². The molecule has 1 aromatic rings. The zero-order chi connectivity index (χ0) is 9.26. The molecule has 0 radical (unpaired) electrons. The lowest BCUT2D eigenvalue weighted by Gasteiger charge is -2.15. The van der Waals surface area contributed by atoms with Crippen LogP contribution in [0.3, 0.4) is 0 Å². The van der Waals surface area contributed by atoms with Gasteiger partial charge in [0.25, 0.3) is 0 Å². The Morgan fingerprint density at radius 1 is 1.54 bits per heavy atom. The van der Waals surface area contributed by atoms with Crippen LogP contribution in [-0.4, -0.2) is 13.1 Å². The van der Waals surface area contributed by atoms with E-state index in [-0.39, 0.29) is 0 Å². The smallest absolute Gasteiger partial charge is 0.0791 e. The van der Waals surface area contributed by atoms with Crippen molar-refractivity contribution in [3.05, 3.63) is 28.2 Å². The Hall–Kier alpha value is -0.940. The maximum absolute atomic E-state index is 5.29. The summed E-state index contributed by atoms with van der Waals surface area (Å²) in [6, 6.07) is 6.36. The molecule has 1 nitrogen and oxygen atoms in total. The van der Waals surface area contributed by atoms with Crippen molar-refractivity contribution in [3.8, 4) is 12.3 Å². The Kier molecular flexibility index (Phi) is 2.28. The molecule has 0 saturated carbocycles. The van der Waals surface area contributed by atoms with Crippen molar-refractivity contribution in [2.24, 2.45) is 0 Å². The van der Waals surface area contributed by atoms with Gasteiger partial charge in [0.15, 0.2) is 0 Å². The van der Waals surface area contributed by atoms with Crippen LogP contribution >= 0.6 is 15.9 Å². The third kappa shape index (κ3) is 1.57. The summed E-state index contributed by atoms with van der Waals surface area (Å²) in [5, 5.41) is 0. The third-order valence-electron chi connectivity index (χ3n) is 2.32. The van der Waals surface area contributed by atoms with Crippen molar-refractivity contribution in [2.45, 2.75) is 6.42 Å². The Labute approximate surface area is 86.9 Å². The molecule has 0 spiro atoms. The highest BCUT2D eigenvalue weighted by Gasteiger charge is 2.17. The van der Waals surface area contributed by atoms with Crippen molar-refractivity contribution in [1.82, 2.24) is 0 Å². The average molecular weight is 236 g/mol. The number of halogens is 1. The molecule has 0 bridgehead atoms. The minimum absolute atomic E-state index is 0.717. The maximum atomic E-state index is 5.29. The van der Waals surface area contributed by atoms with E-state index < -0.39 is 0 Å². The highest BCUT2D eigenvalue weighted by atomic mass is 79.9. The van der Waals surface area contributed by atoms with E-state index >= 15 is 0 Å². The van der Waals surface area contributed by atoms with Gasteiger partial charge in [-0.05, 0) is 30.2 Å². The van der Waals surface area contributed by atoms with Crippen molar-refractivity contribution in [3.63, 3.8) is 0 Å².